The number of hydrogen-bond donors (Lipinski definition) is 2. The van der Waals surface area contributed by atoms with Gasteiger partial charge in [0, 0.05) is 24.7 Å². The fraction of sp³-hybridized carbons (Fsp3) is 0.231. The van der Waals surface area contributed by atoms with Gasteiger partial charge in [0.15, 0.2) is 17.4 Å². The second-order valence-electron chi connectivity index (χ2n) is 8.15. The van der Waals surface area contributed by atoms with E-state index in [0.29, 0.717) is 28.0 Å². The molecule has 0 atom stereocenters. The molecule has 0 unspecified atom stereocenters. The zero-order chi connectivity index (χ0) is 25.8. The molecular weight excluding hydrogens is 474 g/mol. The SMILES string of the molecule is COCCN(CC(=O)O)C(=O)c1ccc(COc2ccc(-c3cc(F)c(F)c4[nH]c(C)cc34)cc2)o1. The van der Waals surface area contributed by atoms with Crippen molar-refractivity contribution in [2.45, 2.75) is 13.5 Å². The van der Waals surface area contributed by atoms with E-state index in [-0.39, 0.29) is 31.0 Å². The number of methoxy groups -OCH3 is 1. The summed E-state index contributed by atoms with van der Waals surface area (Å²) in [5, 5.41) is 9.62. The van der Waals surface area contributed by atoms with Gasteiger partial charge >= 0.3 is 5.97 Å². The number of fused-ring (bicyclic) bond motifs is 1. The van der Waals surface area contributed by atoms with Crippen molar-refractivity contribution in [2.24, 2.45) is 0 Å². The summed E-state index contributed by atoms with van der Waals surface area (Å²) in [5.74, 6) is -2.70. The summed E-state index contributed by atoms with van der Waals surface area (Å²) in [6.07, 6.45) is 0. The highest BCUT2D eigenvalue weighted by atomic mass is 19.2. The number of carboxylic acids is 1. The van der Waals surface area contributed by atoms with E-state index in [1.54, 1.807) is 43.3 Å². The first-order chi connectivity index (χ1) is 17.3. The Morgan fingerprint density at radius 3 is 2.56 bits per heavy atom. The van der Waals surface area contributed by atoms with Crippen molar-refractivity contribution in [3.05, 3.63) is 77.4 Å². The minimum atomic E-state index is -1.14. The summed E-state index contributed by atoms with van der Waals surface area (Å²) < 4.78 is 44.5. The van der Waals surface area contributed by atoms with Gasteiger partial charge in [0.2, 0.25) is 0 Å². The van der Waals surface area contributed by atoms with Crippen LogP contribution in [-0.4, -0.2) is 53.7 Å². The fourth-order valence-electron chi connectivity index (χ4n) is 3.83. The number of furan rings is 1. The first-order valence-corrected chi connectivity index (χ1v) is 11.1. The highest BCUT2D eigenvalue weighted by Gasteiger charge is 2.22. The maximum Gasteiger partial charge on any atom is 0.323 e. The number of aliphatic carboxylic acids is 1. The van der Waals surface area contributed by atoms with Crippen LogP contribution < -0.4 is 4.74 Å². The number of benzene rings is 2. The molecule has 2 aromatic carbocycles. The van der Waals surface area contributed by atoms with Crippen molar-refractivity contribution in [1.29, 1.82) is 0 Å². The van der Waals surface area contributed by atoms with Crippen molar-refractivity contribution in [1.82, 2.24) is 9.88 Å². The molecule has 0 aliphatic carbocycles. The molecule has 10 heteroatoms. The first-order valence-electron chi connectivity index (χ1n) is 11.1. The van der Waals surface area contributed by atoms with Gasteiger partial charge in [-0.05, 0) is 54.4 Å². The Kier molecular flexibility index (Phi) is 7.35. The number of aryl methyl sites for hydroxylation is 1. The molecule has 2 N–H and O–H groups in total. The Balaban J connectivity index is 1.44. The van der Waals surface area contributed by atoms with Crippen LogP contribution in [0.1, 0.15) is 22.0 Å². The first kappa shape index (κ1) is 24.9. The molecule has 2 heterocycles. The van der Waals surface area contributed by atoms with Crippen molar-refractivity contribution in [3.8, 4) is 16.9 Å². The number of H-pyrrole nitrogens is 1. The molecule has 0 radical (unpaired) electrons. The molecule has 188 valence electrons. The molecular formula is C26H24F2N2O6. The van der Waals surface area contributed by atoms with Gasteiger partial charge in [0.1, 0.15) is 24.7 Å². The van der Waals surface area contributed by atoms with Crippen LogP contribution >= 0.6 is 0 Å². The van der Waals surface area contributed by atoms with E-state index < -0.39 is 30.1 Å². The van der Waals surface area contributed by atoms with Crippen molar-refractivity contribution in [2.75, 3.05) is 26.8 Å². The van der Waals surface area contributed by atoms with Gasteiger partial charge in [-0.15, -0.1) is 0 Å². The number of carbonyl (C=O) groups excluding carboxylic acids is 1. The molecule has 8 nitrogen and oxygen atoms in total. The summed E-state index contributed by atoms with van der Waals surface area (Å²) in [7, 11) is 1.46. The normalized spacial score (nSPS) is 11.1. The Bertz CT molecular complexity index is 1390. The van der Waals surface area contributed by atoms with E-state index >= 15 is 0 Å². The third kappa shape index (κ3) is 5.38. The Labute approximate surface area is 205 Å². The minimum absolute atomic E-state index is 0.00884. The Morgan fingerprint density at radius 1 is 1.11 bits per heavy atom. The van der Waals surface area contributed by atoms with Crippen LogP contribution in [0.15, 0.2) is 52.9 Å². The molecule has 0 bridgehead atoms. The summed E-state index contributed by atoms with van der Waals surface area (Å²) >= 11 is 0. The zero-order valence-electron chi connectivity index (χ0n) is 19.6. The average molecular weight is 498 g/mol. The molecule has 4 aromatic rings. The topological polar surface area (TPSA) is 105 Å². The number of carbonyl (C=O) groups is 2. The van der Waals surface area contributed by atoms with Crippen molar-refractivity contribution < 1.29 is 37.4 Å². The highest BCUT2D eigenvalue weighted by Crippen LogP contribution is 2.33. The van der Waals surface area contributed by atoms with E-state index in [4.69, 9.17) is 19.0 Å². The van der Waals surface area contributed by atoms with Gasteiger partial charge in [-0.1, -0.05) is 12.1 Å². The molecule has 0 saturated carbocycles. The van der Waals surface area contributed by atoms with Crippen LogP contribution in [0.5, 0.6) is 5.75 Å². The summed E-state index contributed by atoms with van der Waals surface area (Å²) in [6, 6.07) is 12.8. The van der Waals surface area contributed by atoms with Gasteiger partial charge in [0.25, 0.3) is 5.91 Å². The van der Waals surface area contributed by atoms with E-state index in [1.807, 2.05) is 0 Å². The number of ether oxygens (including phenoxy) is 2. The second-order valence-corrected chi connectivity index (χ2v) is 8.15. The number of nitrogens with zero attached hydrogens (tertiary/aromatic N) is 1. The highest BCUT2D eigenvalue weighted by molar-refractivity contribution is 5.96. The molecule has 1 amide bonds. The number of aromatic amines is 1. The number of hydrogen-bond acceptors (Lipinski definition) is 5. The second kappa shape index (κ2) is 10.6. The maximum absolute atomic E-state index is 14.1. The van der Waals surface area contributed by atoms with E-state index in [2.05, 4.69) is 4.98 Å². The molecule has 0 spiro atoms. The number of amides is 1. The smallest absolute Gasteiger partial charge is 0.323 e. The molecule has 36 heavy (non-hydrogen) atoms. The van der Waals surface area contributed by atoms with Gasteiger partial charge in [-0.25, -0.2) is 8.78 Å². The monoisotopic (exact) mass is 498 g/mol. The van der Waals surface area contributed by atoms with Crippen LogP contribution in [-0.2, 0) is 16.1 Å². The fourth-order valence-corrected chi connectivity index (χ4v) is 3.83. The van der Waals surface area contributed by atoms with Gasteiger partial charge in [-0.2, -0.15) is 0 Å². The third-order valence-electron chi connectivity index (χ3n) is 5.54. The average Bonchev–Trinajstić information content (AvgIpc) is 3.49. The van der Waals surface area contributed by atoms with Crippen LogP contribution in [0.4, 0.5) is 8.78 Å². The molecule has 4 rings (SSSR count). The quantitative estimate of drug-likeness (QED) is 0.327. The van der Waals surface area contributed by atoms with Crippen LogP contribution in [0, 0.1) is 18.6 Å². The Hall–Kier alpha value is -4.18. The lowest BCUT2D eigenvalue weighted by molar-refractivity contribution is -0.137. The molecule has 0 fully saturated rings. The summed E-state index contributed by atoms with van der Waals surface area (Å²) in [6.45, 7) is 1.61. The molecule has 0 aliphatic heterocycles. The predicted octanol–water partition coefficient (Wildman–Crippen LogP) is 4.77. The van der Waals surface area contributed by atoms with Gasteiger partial charge in [-0.3, -0.25) is 9.59 Å². The lowest BCUT2D eigenvalue weighted by Gasteiger charge is -2.18. The standard InChI is InChI=1S/C26H24F2N2O6/c1-15-11-20-19(12-21(27)24(28)25(20)29-15)16-3-5-17(6-4-16)35-14-18-7-8-22(36-18)26(33)30(9-10-34-2)13-23(31)32/h3-8,11-12,29H,9-10,13-14H2,1-2H3,(H,31,32). The molecule has 2 aromatic heterocycles. The van der Waals surface area contributed by atoms with Crippen LogP contribution in [0.3, 0.4) is 0 Å². The lowest BCUT2D eigenvalue weighted by Crippen LogP contribution is -2.37. The van der Waals surface area contributed by atoms with Gasteiger partial charge in [0.05, 0.1) is 12.1 Å². The van der Waals surface area contributed by atoms with Gasteiger partial charge < -0.3 is 28.9 Å². The lowest BCUT2D eigenvalue weighted by atomic mass is 10.0. The number of rotatable bonds is 10. The van der Waals surface area contributed by atoms with E-state index in [0.717, 1.165) is 10.6 Å². The summed E-state index contributed by atoms with van der Waals surface area (Å²) in [5.41, 5.74) is 2.08. The predicted molar refractivity (Wildman–Crippen MR) is 127 cm³/mol. The van der Waals surface area contributed by atoms with Crippen molar-refractivity contribution in [3.63, 3.8) is 0 Å². The minimum Gasteiger partial charge on any atom is -0.486 e. The zero-order valence-corrected chi connectivity index (χ0v) is 19.6. The number of halogens is 2. The van der Waals surface area contributed by atoms with Crippen LogP contribution in [0.2, 0.25) is 0 Å². The summed E-state index contributed by atoms with van der Waals surface area (Å²) in [4.78, 5) is 27.6. The number of aromatic nitrogens is 1. The number of carboxylic acid groups (broad SMARTS) is 1. The number of nitrogens with one attached hydrogen (secondary N) is 1. The molecule has 0 saturated heterocycles. The third-order valence-corrected chi connectivity index (χ3v) is 5.54. The van der Waals surface area contributed by atoms with E-state index in [9.17, 15) is 18.4 Å². The van der Waals surface area contributed by atoms with Crippen LogP contribution in [0.25, 0.3) is 22.0 Å². The Morgan fingerprint density at radius 2 is 1.86 bits per heavy atom. The van der Waals surface area contributed by atoms with Crippen molar-refractivity contribution >= 4 is 22.8 Å². The molecule has 0 aliphatic rings. The largest absolute Gasteiger partial charge is 0.486 e. The van der Waals surface area contributed by atoms with E-state index in [1.165, 1.54) is 19.2 Å². The maximum atomic E-state index is 14.1.